The highest BCUT2D eigenvalue weighted by Crippen LogP contribution is 2.56. The molecular weight excluding hydrogens is 931 g/mol. The van der Waals surface area contributed by atoms with Crippen LogP contribution in [-0.2, 0) is 60.2 Å². The SMILES string of the molecule is C[C@H](CC(=O)SCCNC(=O)CCNC(=O)[C@H](O)C(C)(C)COP(=O)([O-])OP(=O)([O-])OC[C@H]1O[C@@H](n2cnc3c(N)ncnc32)[C@H](O)[C@@H]1OP(=O)([O-])[O-])O[C@@H]1O[C@@H](C)[C@H](O)C[C@H]1O. The first-order chi connectivity index (χ1) is 29.2. The van der Waals surface area contributed by atoms with E-state index in [4.69, 9.17) is 19.9 Å². The second-order valence-electron chi connectivity index (χ2n) is 14.9. The summed E-state index contributed by atoms with van der Waals surface area (Å²) in [6.45, 7) is 3.10. The van der Waals surface area contributed by atoms with Gasteiger partial charge in [-0.3, -0.25) is 28.1 Å². The molecule has 0 aliphatic carbocycles. The van der Waals surface area contributed by atoms with Gasteiger partial charge in [-0.15, -0.1) is 0 Å². The Morgan fingerprint density at radius 1 is 1.03 bits per heavy atom. The van der Waals surface area contributed by atoms with Gasteiger partial charge in [-0.1, -0.05) is 25.6 Å². The number of imidazole rings is 1. The number of ether oxygens (including phenoxy) is 3. The topological polar surface area (TPSA) is 434 Å². The number of nitrogens with one attached hydrogen (secondary N) is 2. The summed E-state index contributed by atoms with van der Waals surface area (Å²) >= 11 is 0.927. The van der Waals surface area contributed by atoms with E-state index in [-0.39, 0.29) is 60.2 Å². The first-order valence-corrected chi connectivity index (χ1v) is 24.2. The van der Waals surface area contributed by atoms with Crippen molar-refractivity contribution in [1.29, 1.82) is 0 Å². The van der Waals surface area contributed by atoms with E-state index in [1.807, 2.05) is 0 Å². The van der Waals surface area contributed by atoms with Crippen LogP contribution in [0.1, 0.15) is 53.2 Å². The van der Waals surface area contributed by atoms with Gasteiger partial charge in [0.15, 0.2) is 29.1 Å². The highest BCUT2D eigenvalue weighted by Gasteiger charge is 2.47. The normalized spacial score (nSPS) is 27.3. The minimum absolute atomic E-state index is 0.0193. The fraction of sp³-hybridized carbons (Fsp3) is 0.742. The van der Waals surface area contributed by atoms with Crippen molar-refractivity contribution in [3.05, 3.63) is 12.7 Å². The highest BCUT2D eigenvalue weighted by molar-refractivity contribution is 8.13. The Hall–Kier alpha value is -2.60. The molecule has 0 spiro atoms. The van der Waals surface area contributed by atoms with Crippen molar-refractivity contribution in [3.63, 3.8) is 0 Å². The smallest absolute Gasteiger partial charge is 0.274 e. The monoisotopic (exact) mass is 979 g/mol. The number of thioether (sulfide) groups is 1. The number of hydrogen-bond acceptors (Lipinski definition) is 26. The lowest BCUT2D eigenvalue weighted by atomic mass is 9.87. The Morgan fingerprint density at radius 2 is 1.71 bits per heavy atom. The number of rotatable bonds is 23. The molecule has 32 heteroatoms. The number of nitrogens with zero attached hydrogens (tertiary/aromatic N) is 4. The molecule has 2 fully saturated rings. The number of anilines is 1. The van der Waals surface area contributed by atoms with Crippen molar-refractivity contribution in [3.8, 4) is 0 Å². The molecule has 63 heavy (non-hydrogen) atoms. The molecule has 8 N–H and O–H groups in total. The number of aromatic nitrogens is 4. The minimum atomic E-state index is -5.94. The second kappa shape index (κ2) is 22.3. The van der Waals surface area contributed by atoms with Crippen molar-refractivity contribution in [1.82, 2.24) is 30.2 Å². The van der Waals surface area contributed by atoms with Crippen molar-refractivity contribution in [2.24, 2.45) is 5.41 Å². The van der Waals surface area contributed by atoms with Crippen LogP contribution in [0.3, 0.4) is 0 Å². The molecule has 2 aliphatic rings. The predicted molar refractivity (Wildman–Crippen MR) is 204 cm³/mol. The lowest BCUT2D eigenvalue weighted by molar-refractivity contribution is -0.347. The Morgan fingerprint density at radius 3 is 2.40 bits per heavy atom. The molecule has 358 valence electrons. The summed E-state index contributed by atoms with van der Waals surface area (Å²) in [7, 11) is -17.7. The van der Waals surface area contributed by atoms with Gasteiger partial charge in [0.25, 0.3) is 15.6 Å². The van der Waals surface area contributed by atoms with Crippen molar-refractivity contribution >= 4 is 69.1 Å². The molecule has 2 amide bonds. The zero-order valence-corrected chi connectivity index (χ0v) is 37.4. The van der Waals surface area contributed by atoms with Crippen LogP contribution < -0.4 is 35.9 Å². The Kier molecular flexibility index (Phi) is 18.7. The number of phosphoric acid groups is 3. The van der Waals surface area contributed by atoms with Gasteiger partial charge in [0, 0.05) is 43.5 Å². The summed E-state index contributed by atoms with van der Waals surface area (Å²) in [5.41, 5.74) is 4.01. The number of phosphoric ester groups is 3. The number of amides is 2. The van der Waals surface area contributed by atoms with E-state index < -0.39 is 115 Å². The molecule has 28 nitrogen and oxygen atoms in total. The summed E-state index contributed by atoms with van der Waals surface area (Å²) in [4.78, 5) is 96.7. The standard InChI is InChI=1S/C31H52N7O21P3S/c1-15(55-30-18(40)10-17(39)16(2)56-30)9-21(42)63-8-7-33-20(41)5-6-34-28(45)25(44)31(3,4)12-54-62(51,52)59-61(49,50)53-11-19-24(58-60(46,47)48)23(43)29(57-19)38-14-37-22-26(32)35-13-36-27(22)38/h13-19,23-25,29-30,39-40,43-44H,5-12H2,1-4H3,(H,33,41)(H,34,45)(H,49,50)(H,51,52)(H2,32,35,36)(H2,46,47,48)/p-4/t15-,16+,17-,18-,19-,23-,24-,25+,29-,30-/m1/s1. The number of aliphatic hydroxyl groups is 4. The molecule has 2 saturated heterocycles. The van der Waals surface area contributed by atoms with Crippen molar-refractivity contribution in [2.75, 3.05) is 37.8 Å². The average Bonchev–Trinajstić information content (AvgIpc) is 3.73. The zero-order valence-electron chi connectivity index (χ0n) is 33.9. The van der Waals surface area contributed by atoms with Gasteiger partial charge < -0.3 is 88.7 Å². The maximum Gasteiger partial charge on any atom is 0.274 e. The number of hydrogen-bond donors (Lipinski definition) is 7. The van der Waals surface area contributed by atoms with E-state index >= 15 is 0 Å². The summed E-state index contributed by atoms with van der Waals surface area (Å²) in [6, 6.07) is 0. The number of nitrogen functional groups attached to an aromatic ring is 1. The number of aliphatic hydroxyl groups excluding tert-OH is 4. The van der Waals surface area contributed by atoms with Gasteiger partial charge in [-0.2, -0.15) is 0 Å². The summed E-state index contributed by atoms with van der Waals surface area (Å²) in [5.74, 6) is -1.46. The molecule has 2 unspecified atom stereocenters. The summed E-state index contributed by atoms with van der Waals surface area (Å²) in [6.07, 6.45) is -11.8. The third-order valence-corrected chi connectivity index (χ3v) is 13.2. The van der Waals surface area contributed by atoms with Crippen LogP contribution in [0.15, 0.2) is 12.7 Å². The number of carbonyl (C=O) groups is 3. The van der Waals surface area contributed by atoms with E-state index in [0.29, 0.717) is 0 Å². The Labute approximate surface area is 363 Å². The molecule has 4 rings (SSSR count). The lowest BCUT2D eigenvalue weighted by Crippen LogP contribution is -2.48. The molecule has 12 atom stereocenters. The highest BCUT2D eigenvalue weighted by atomic mass is 32.2. The van der Waals surface area contributed by atoms with E-state index in [1.165, 1.54) is 13.8 Å². The van der Waals surface area contributed by atoms with E-state index in [0.717, 1.165) is 29.0 Å². The molecule has 0 saturated carbocycles. The van der Waals surface area contributed by atoms with Gasteiger partial charge in [0.05, 0.1) is 45.7 Å². The van der Waals surface area contributed by atoms with Crippen LogP contribution in [0.5, 0.6) is 0 Å². The number of carbonyl (C=O) groups excluding carboxylic acids is 3. The molecule has 0 bridgehead atoms. The molecule has 2 aromatic rings. The van der Waals surface area contributed by atoms with Gasteiger partial charge in [0.2, 0.25) is 11.8 Å². The maximum absolute atomic E-state index is 12.6. The first-order valence-electron chi connectivity index (χ1n) is 18.8. The van der Waals surface area contributed by atoms with Crippen LogP contribution >= 0.6 is 35.2 Å². The second-order valence-corrected chi connectivity index (χ2v) is 20.2. The van der Waals surface area contributed by atoms with E-state index in [1.54, 1.807) is 13.8 Å². The fourth-order valence-electron chi connectivity index (χ4n) is 5.91. The maximum atomic E-state index is 12.6. The van der Waals surface area contributed by atoms with Crippen LogP contribution in [0.4, 0.5) is 5.82 Å². The Bertz CT molecular complexity index is 2050. The molecule has 4 heterocycles. The minimum Gasteiger partial charge on any atom is -0.790 e. The average molecular weight is 980 g/mol. The molecule has 2 aliphatic heterocycles. The third kappa shape index (κ3) is 15.8. The third-order valence-electron chi connectivity index (χ3n) is 9.25. The summed E-state index contributed by atoms with van der Waals surface area (Å²) in [5, 5.41) is 45.8. The van der Waals surface area contributed by atoms with Crippen LogP contribution in [0.25, 0.3) is 11.2 Å². The first kappa shape index (κ1) is 53.0. The Balaban J connectivity index is 1.17. The van der Waals surface area contributed by atoms with E-state index in [9.17, 15) is 68.1 Å². The summed E-state index contributed by atoms with van der Waals surface area (Å²) < 4.78 is 71.7. The predicted octanol–water partition coefficient (Wildman–Crippen LogP) is -4.21. The lowest BCUT2D eigenvalue weighted by Gasteiger charge is -2.36. The van der Waals surface area contributed by atoms with Gasteiger partial charge in [-0.05, 0) is 13.8 Å². The fourth-order valence-corrected chi connectivity index (χ4v) is 9.43. The van der Waals surface area contributed by atoms with Crippen molar-refractivity contribution in [2.45, 2.75) is 108 Å². The quantitative estimate of drug-likeness (QED) is 0.0410. The van der Waals surface area contributed by atoms with Gasteiger partial charge in [0.1, 0.15) is 42.4 Å². The van der Waals surface area contributed by atoms with Crippen molar-refractivity contribution < 1.29 is 100 Å². The molecular formula is C31H48N7O21P3S-4. The number of nitrogens with two attached hydrogens (primary N) is 1. The largest absolute Gasteiger partial charge is 0.790 e. The van der Waals surface area contributed by atoms with Gasteiger partial charge >= 0.3 is 0 Å². The number of fused-ring (bicyclic) bond motifs is 1. The van der Waals surface area contributed by atoms with Crippen LogP contribution in [0, 0.1) is 5.41 Å². The molecule has 0 aromatic carbocycles. The molecule has 2 aromatic heterocycles. The van der Waals surface area contributed by atoms with Crippen LogP contribution in [-0.4, -0.2) is 144 Å². The molecule has 0 radical (unpaired) electrons. The van der Waals surface area contributed by atoms with Gasteiger partial charge in [-0.25, -0.2) is 19.3 Å². The zero-order chi connectivity index (χ0) is 47.1. The van der Waals surface area contributed by atoms with E-state index in [2.05, 4.69) is 43.5 Å². The van der Waals surface area contributed by atoms with Crippen LogP contribution in [0.2, 0.25) is 0 Å².